The second kappa shape index (κ2) is 2.94. The Morgan fingerprint density at radius 1 is 1.31 bits per heavy atom. The minimum atomic E-state index is 0.0906. The van der Waals surface area contributed by atoms with E-state index in [1.807, 2.05) is 0 Å². The molecule has 3 heteroatoms. The van der Waals surface area contributed by atoms with Gasteiger partial charge < -0.3 is 14.2 Å². The van der Waals surface area contributed by atoms with Gasteiger partial charge in [0, 0.05) is 0 Å². The standard InChI is InChI=1S/C10H16O3/c1-2-3-8-10(13-8)12-7-5-4-6-9(7)11-6/h6-10H,2-5H2,1H3. The Balaban J connectivity index is 1.44. The van der Waals surface area contributed by atoms with Gasteiger partial charge in [0.05, 0.1) is 12.2 Å². The molecule has 3 rings (SSSR count). The molecule has 0 amide bonds. The third-order valence-electron chi connectivity index (χ3n) is 3.14. The van der Waals surface area contributed by atoms with Gasteiger partial charge in [-0.15, -0.1) is 0 Å². The van der Waals surface area contributed by atoms with Gasteiger partial charge in [-0.05, 0) is 19.3 Å². The molecule has 3 nitrogen and oxygen atoms in total. The van der Waals surface area contributed by atoms with Gasteiger partial charge >= 0.3 is 0 Å². The van der Waals surface area contributed by atoms with Gasteiger partial charge in [0.25, 0.3) is 0 Å². The van der Waals surface area contributed by atoms with E-state index in [9.17, 15) is 0 Å². The quantitative estimate of drug-likeness (QED) is 0.620. The molecule has 2 saturated heterocycles. The van der Waals surface area contributed by atoms with Crippen molar-refractivity contribution in [2.24, 2.45) is 0 Å². The third kappa shape index (κ3) is 1.49. The predicted octanol–water partition coefficient (Wildman–Crippen LogP) is 1.46. The maximum absolute atomic E-state index is 5.79. The molecule has 1 saturated carbocycles. The summed E-state index contributed by atoms with van der Waals surface area (Å²) in [4.78, 5) is 0. The second-order valence-electron chi connectivity index (χ2n) is 4.22. The average molecular weight is 184 g/mol. The van der Waals surface area contributed by atoms with Crippen LogP contribution >= 0.6 is 0 Å². The number of ether oxygens (including phenoxy) is 3. The fourth-order valence-corrected chi connectivity index (χ4v) is 2.26. The summed E-state index contributed by atoms with van der Waals surface area (Å²) in [5, 5.41) is 0. The third-order valence-corrected chi connectivity index (χ3v) is 3.14. The van der Waals surface area contributed by atoms with Crippen LogP contribution in [0.4, 0.5) is 0 Å². The summed E-state index contributed by atoms with van der Waals surface area (Å²) in [5.41, 5.74) is 0. The van der Waals surface area contributed by atoms with Crippen molar-refractivity contribution in [2.75, 3.05) is 0 Å². The summed E-state index contributed by atoms with van der Waals surface area (Å²) in [6.07, 6.45) is 6.38. The number of rotatable bonds is 4. The summed E-state index contributed by atoms with van der Waals surface area (Å²) < 4.78 is 16.6. The Kier molecular flexibility index (Phi) is 1.86. The highest BCUT2D eigenvalue weighted by atomic mass is 16.8. The molecule has 1 aliphatic carbocycles. The number of fused-ring (bicyclic) bond motifs is 1. The molecule has 0 bridgehead atoms. The van der Waals surface area contributed by atoms with Gasteiger partial charge in [-0.2, -0.15) is 0 Å². The normalized spacial score (nSPS) is 51.9. The van der Waals surface area contributed by atoms with Crippen LogP contribution in [-0.4, -0.2) is 30.7 Å². The van der Waals surface area contributed by atoms with Gasteiger partial charge in [0.1, 0.15) is 12.2 Å². The second-order valence-corrected chi connectivity index (χ2v) is 4.22. The zero-order valence-corrected chi connectivity index (χ0v) is 7.94. The molecule has 0 aromatic rings. The van der Waals surface area contributed by atoms with Crippen molar-refractivity contribution in [3.05, 3.63) is 0 Å². The highest BCUT2D eigenvalue weighted by Gasteiger charge is 2.54. The van der Waals surface area contributed by atoms with Crippen molar-refractivity contribution in [2.45, 2.75) is 63.3 Å². The van der Waals surface area contributed by atoms with Gasteiger partial charge in [-0.25, -0.2) is 0 Å². The maximum atomic E-state index is 5.79. The molecule has 3 aliphatic rings. The summed E-state index contributed by atoms with van der Waals surface area (Å²) in [7, 11) is 0. The lowest BCUT2D eigenvalue weighted by atomic mass is 10.2. The van der Waals surface area contributed by atoms with Crippen LogP contribution in [0.25, 0.3) is 0 Å². The van der Waals surface area contributed by atoms with Crippen LogP contribution in [-0.2, 0) is 14.2 Å². The van der Waals surface area contributed by atoms with Crippen molar-refractivity contribution >= 4 is 0 Å². The molecule has 74 valence electrons. The fraction of sp³-hybridized carbons (Fsp3) is 1.00. The fourth-order valence-electron chi connectivity index (χ4n) is 2.26. The van der Waals surface area contributed by atoms with Crippen molar-refractivity contribution in [3.8, 4) is 0 Å². The number of hydrogen-bond donors (Lipinski definition) is 0. The summed E-state index contributed by atoms with van der Waals surface area (Å²) in [6.45, 7) is 2.17. The van der Waals surface area contributed by atoms with E-state index in [2.05, 4.69) is 6.92 Å². The number of epoxide rings is 2. The molecule has 5 atom stereocenters. The molecular formula is C10H16O3. The first-order valence-electron chi connectivity index (χ1n) is 5.35. The Labute approximate surface area is 78.3 Å². The van der Waals surface area contributed by atoms with Gasteiger partial charge in [0.15, 0.2) is 6.29 Å². The molecule has 0 radical (unpaired) electrons. The van der Waals surface area contributed by atoms with E-state index in [0.717, 1.165) is 12.8 Å². The lowest BCUT2D eigenvalue weighted by molar-refractivity contribution is -0.0276. The first-order valence-corrected chi connectivity index (χ1v) is 5.35. The highest BCUT2D eigenvalue weighted by molar-refractivity contribution is 4.99. The molecular weight excluding hydrogens is 168 g/mol. The summed E-state index contributed by atoms with van der Waals surface area (Å²) >= 11 is 0. The first-order chi connectivity index (χ1) is 6.38. The lowest BCUT2D eigenvalue weighted by Gasteiger charge is -2.09. The molecule has 0 aromatic carbocycles. The van der Waals surface area contributed by atoms with Gasteiger partial charge in [0.2, 0.25) is 0 Å². The van der Waals surface area contributed by atoms with E-state index in [1.54, 1.807) is 0 Å². The Hall–Kier alpha value is -0.120. The van der Waals surface area contributed by atoms with E-state index in [0.29, 0.717) is 24.4 Å². The SMILES string of the molecule is CCCC1OC1OC1CCC2OC12. The van der Waals surface area contributed by atoms with Crippen molar-refractivity contribution in [1.29, 1.82) is 0 Å². The van der Waals surface area contributed by atoms with Crippen LogP contribution in [0.5, 0.6) is 0 Å². The van der Waals surface area contributed by atoms with Crippen LogP contribution in [0.2, 0.25) is 0 Å². The summed E-state index contributed by atoms with van der Waals surface area (Å²) in [6, 6.07) is 0. The minimum absolute atomic E-state index is 0.0906. The molecule has 0 N–H and O–H groups in total. The lowest BCUT2D eigenvalue weighted by Crippen LogP contribution is -2.18. The molecule has 3 fully saturated rings. The minimum Gasteiger partial charge on any atom is -0.367 e. The van der Waals surface area contributed by atoms with Crippen molar-refractivity contribution < 1.29 is 14.2 Å². The Bertz CT molecular complexity index is 206. The predicted molar refractivity (Wildman–Crippen MR) is 46.3 cm³/mol. The molecule has 13 heavy (non-hydrogen) atoms. The Morgan fingerprint density at radius 2 is 2.23 bits per heavy atom. The zero-order chi connectivity index (χ0) is 8.84. The number of hydrogen-bond acceptors (Lipinski definition) is 3. The van der Waals surface area contributed by atoms with Gasteiger partial charge in [-0.3, -0.25) is 0 Å². The van der Waals surface area contributed by atoms with E-state index in [-0.39, 0.29) is 6.29 Å². The van der Waals surface area contributed by atoms with Crippen LogP contribution in [0.15, 0.2) is 0 Å². The first kappa shape index (κ1) is 8.21. The largest absolute Gasteiger partial charge is 0.367 e. The van der Waals surface area contributed by atoms with E-state index >= 15 is 0 Å². The zero-order valence-electron chi connectivity index (χ0n) is 7.94. The van der Waals surface area contributed by atoms with Crippen molar-refractivity contribution in [1.82, 2.24) is 0 Å². The average Bonchev–Trinajstić information content (AvgIpc) is 2.98. The topological polar surface area (TPSA) is 34.3 Å². The van der Waals surface area contributed by atoms with Crippen molar-refractivity contribution in [3.63, 3.8) is 0 Å². The van der Waals surface area contributed by atoms with Gasteiger partial charge in [-0.1, -0.05) is 13.3 Å². The van der Waals surface area contributed by atoms with E-state index < -0.39 is 0 Å². The smallest absolute Gasteiger partial charge is 0.184 e. The molecule has 0 spiro atoms. The molecule has 2 heterocycles. The van der Waals surface area contributed by atoms with E-state index in [4.69, 9.17) is 14.2 Å². The van der Waals surface area contributed by atoms with Crippen LogP contribution in [0.3, 0.4) is 0 Å². The van der Waals surface area contributed by atoms with Crippen LogP contribution in [0.1, 0.15) is 32.6 Å². The maximum Gasteiger partial charge on any atom is 0.184 e. The molecule has 0 aromatic heterocycles. The summed E-state index contributed by atoms with van der Waals surface area (Å²) in [5.74, 6) is 0. The van der Waals surface area contributed by atoms with E-state index in [1.165, 1.54) is 12.8 Å². The van der Waals surface area contributed by atoms with Crippen LogP contribution in [0, 0.1) is 0 Å². The molecule has 5 unspecified atom stereocenters. The molecule has 2 aliphatic heterocycles. The van der Waals surface area contributed by atoms with Crippen LogP contribution < -0.4 is 0 Å². The monoisotopic (exact) mass is 184 g/mol. The highest BCUT2D eigenvalue weighted by Crippen LogP contribution is 2.42. The Morgan fingerprint density at radius 3 is 2.85 bits per heavy atom.